The van der Waals surface area contributed by atoms with E-state index in [1.807, 2.05) is 0 Å². The van der Waals surface area contributed by atoms with Gasteiger partial charge in [0.15, 0.2) is 6.61 Å². The Morgan fingerprint density at radius 2 is 1.87 bits per heavy atom. The van der Waals surface area contributed by atoms with Crippen molar-refractivity contribution < 1.29 is 22.7 Å². The van der Waals surface area contributed by atoms with Gasteiger partial charge in [0.1, 0.15) is 12.3 Å². The predicted molar refractivity (Wildman–Crippen MR) is 116 cm³/mol. The zero-order valence-electron chi connectivity index (χ0n) is 18.0. The number of carbonyl (C=O) groups excluding carboxylic acids is 2. The number of sulfonamides is 1. The number of amides is 2. The van der Waals surface area contributed by atoms with Crippen molar-refractivity contribution in [2.75, 3.05) is 31.1 Å². The monoisotopic (exact) mass is 449 g/mol. The molecule has 1 saturated heterocycles. The lowest BCUT2D eigenvalue weighted by Gasteiger charge is -2.32. The Hall–Kier alpha value is -2.13. The number of nitrogens with one attached hydrogen (secondary N) is 1. The summed E-state index contributed by atoms with van der Waals surface area (Å²) in [7, 11) is -3.66. The van der Waals surface area contributed by atoms with Crippen LogP contribution in [0.5, 0.6) is 5.75 Å². The van der Waals surface area contributed by atoms with Crippen LogP contribution in [0, 0.1) is 5.92 Å². The molecular weight excluding hydrogens is 418 g/mol. The highest BCUT2D eigenvalue weighted by Gasteiger charge is 2.32. The number of nitrogens with zero attached hydrogens (tertiary/aromatic N) is 2. The average Bonchev–Trinajstić information content (AvgIpc) is 2.77. The average molecular weight is 450 g/mol. The molecule has 0 spiro atoms. The summed E-state index contributed by atoms with van der Waals surface area (Å²) in [6.45, 7) is 2.82. The number of hydrogen-bond acceptors (Lipinski definition) is 5. The van der Waals surface area contributed by atoms with E-state index in [0.717, 1.165) is 38.5 Å². The Labute approximate surface area is 184 Å². The van der Waals surface area contributed by atoms with Crippen LogP contribution in [0.15, 0.2) is 23.1 Å². The van der Waals surface area contributed by atoms with Crippen LogP contribution in [-0.4, -0.2) is 56.8 Å². The van der Waals surface area contributed by atoms with Gasteiger partial charge in [0.25, 0.3) is 5.91 Å². The van der Waals surface area contributed by atoms with Crippen LogP contribution in [0.4, 0.5) is 5.69 Å². The van der Waals surface area contributed by atoms with Crippen molar-refractivity contribution >= 4 is 27.5 Å². The second-order valence-corrected chi connectivity index (χ2v) is 10.7. The fourth-order valence-corrected chi connectivity index (χ4v) is 6.23. The summed E-state index contributed by atoms with van der Waals surface area (Å²) in [5.74, 6) is 0.235. The van der Waals surface area contributed by atoms with Gasteiger partial charge in [0.05, 0.1) is 10.6 Å². The first-order valence-corrected chi connectivity index (χ1v) is 12.7. The van der Waals surface area contributed by atoms with Gasteiger partial charge in [-0.15, -0.1) is 0 Å². The number of ether oxygens (including phenoxy) is 1. The molecule has 1 saturated carbocycles. The second kappa shape index (κ2) is 9.16. The van der Waals surface area contributed by atoms with Crippen LogP contribution in [0.25, 0.3) is 0 Å². The maximum Gasteiger partial charge on any atom is 0.265 e. The highest BCUT2D eigenvalue weighted by atomic mass is 32.2. The molecule has 2 aliphatic heterocycles. The van der Waals surface area contributed by atoms with Crippen molar-refractivity contribution in [2.45, 2.75) is 62.8 Å². The SMILES string of the molecule is C[C@H]1CCCC[C@H]1NC(=O)CN1C(=O)COc2ccc(S(=O)(=O)N3CCCCC3)cc21. The van der Waals surface area contributed by atoms with Crippen LogP contribution in [0.2, 0.25) is 0 Å². The van der Waals surface area contributed by atoms with E-state index in [1.165, 1.54) is 27.8 Å². The maximum atomic E-state index is 13.1. The van der Waals surface area contributed by atoms with E-state index in [4.69, 9.17) is 4.74 Å². The minimum absolute atomic E-state index is 0.114. The van der Waals surface area contributed by atoms with Crippen LogP contribution in [0.1, 0.15) is 51.9 Å². The van der Waals surface area contributed by atoms with Gasteiger partial charge in [0, 0.05) is 19.1 Å². The van der Waals surface area contributed by atoms with Crippen LogP contribution >= 0.6 is 0 Å². The van der Waals surface area contributed by atoms with Crippen molar-refractivity contribution in [2.24, 2.45) is 5.92 Å². The van der Waals surface area contributed by atoms with E-state index in [0.29, 0.717) is 30.4 Å². The van der Waals surface area contributed by atoms with Crippen molar-refractivity contribution in [1.82, 2.24) is 9.62 Å². The third kappa shape index (κ3) is 4.72. The van der Waals surface area contributed by atoms with Gasteiger partial charge in [-0.2, -0.15) is 4.31 Å². The molecule has 1 N–H and O–H groups in total. The summed E-state index contributed by atoms with van der Waals surface area (Å²) in [6.07, 6.45) is 7.01. The number of piperidine rings is 1. The third-order valence-corrected chi connectivity index (χ3v) is 8.48. The van der Waals surface area contributed by atoms with Gasteiger partial charge in [-0.25, -0.2) is 8.42 Å². The molecule has 1 aliphatic carbocycles. The summed E-state index contributed by atoms with van der Waals surface area (Å²) >= 11 is 0. The molecule has 0 radical (unpaired) electrons. The lowest BCUT2D eigenvalue weighted by molar-refractivity contribution is -0.126. The third-order valence-electron chi connectivity index (χ3n) is 6.59. The minimum atomic E-state index is -3.66. The topological polar surface area (TPSA) is 96.0 Å². The number of anilines is 1. The number of rotatable bonds is 5. The highest BCUT2D eigenvalue weighted by Crippen LogP contribution is 2.35. The van der Waals surface area contributed by atoms with E-state index < -0.39 is 10.0 Å². The predicted octanol–water partition coefficient (Wildman–Crippen LogP) is 2.28. The largest absolute Gasteiger partial charge is 0.482 e. The fourth-order valence-electron chi connectivity index (χ4n) is 4.70. The highest BCUT2D eigenvalue weighted by molar-refractivity contribution is 7.89. The van der Waals surface area contributed by atoms with Gasteiger partial charge in [-0.1, -0.05) is 26.2 Å². The number of benzene rings is 1. The summed E-state index contributed by atoms with van der Waals surface area (Å²) in [5.41, 5.74) is 0.334. The van der Waals surface area contributed by atoms with E-state index in [9.17, 15) is 18.0 Å². The lowest BCUT2D eigenvalue weighted by Crippen LogP contribution is -2.49. The molecule has 1 aromatic rings. The normalized spacial score (nSPS) is 24.9. The molecule has 2 heterocycles. The minimum Gasteiger partial charge on any atom is -0.482 e. The lowest BCUT2D eigenvalue weighted by atomic mass is 9.86. The molecule has 31 heavy (non-hydrogen) atoms. The molecule has 0 bridgehead atoms. The summed E-state index contributed by atoms with van der Waals surface area (Å²) < 4.78 is 33.2. The molecule has 8 nitrogen and oxygen atoms in total. The molecular formula is C22H31N3O5S. The van der Waals surface area contributed by atoms with Crippen molar-refractivity contribution in [3.8, 4) is 5.75 Å². The molecule has 3 aliphatic rings. The fraction of sp³-hybridized carbons (Fsp3) is 0.636. The van der Waals surface area contributed by atoms with Gasteiger partial charge < -0.3 is 10.1 Å². The molecule has 2 fully saturated rings. The van der Waals surface area contributed by atoms with E-state index in [-0.39, 0.29) is 35.9 Å². The van der Waals surface area contributed by atoms with E-state index in [1.54, 1.807) is 6.07 Å². The molecule has 1 aromatic carbocycles. The number of carbonyl (C=O) groups is 2. The molecule has 4 rings (SSSR count). The van der Waals surface area contributed by atoms with E-state index >= 15 is 0 Å². The molecule has 0 unspecified atom stereocenters. The quantitative estimate of drug-likeness (QED) is 0.744. The summed E-state index contributed by atoms with van der Waals surface area (Å²) in [5, 5.41) is 3.06. The molecule has 170 valence electrons. The van der Waals surface area contributed by atoms with Gasteiger partial charge in [0.2, 0.25) is 15.9 Å². The first-order valence-electron chi connectivity index (χ1n) is 11.2. The number of fused-ring (bicyclic) bond motifs is 1. The van der Waals surface area contributed by atoms with Crippen molar-refractivity contribution in [1.29, 1.82) is 0 Å². The van der Waals surface area contributed by atoms with Crippen molar-refractivity contribution in [3.63, 3.8) is 0 Å². The standard InChI is InChI=1S/C22H31N3O5S/c1-16-7-3-4-8-18(16)23-21(26)14-25-19-13-17(9-10-20(19)30-15-22(25)27)31(28,29)24-11-5-2-6-12-24/h9-10,13,16,18H,2-8,11-12,14-15H2,1H3,(H,23,26)/t16-,18+/m0/s1. The Morgan fingerprint density at radius 3 is 2.61 bits per heavy atom. The molecule has 0 aromatic heterocycles. The first-order chi connectivity index (χ1) is 14.9. The van der Waals surface area contributed by atoms with E-state index in [2.05, 4.69) is 12.2 Å². The van der Waals surface area contributed by atoms with Crippen molar-refractivity contribution in [3.05, 3.63) is 18.2 Å². The van der Waals surface area contributed by atoms with Gasteiger partial charge in [-0.05, 0) is 49.8 Å². The molecule has 2 atom stereocenters. The van der Waals surface area contributed by atoms with Crippen LogP contribution < -0.4 is 15.0 Å². The Bertz CT molecular complexity index is 942. The number of hydrogen-bond donors (Lipinski definition) is 1. The molecule has 9 heteroatoms. The summed E-state index contributed by atoms with van der Waals surface area (Å²) in [6, 6.07) is 4.67. The van der Waals surface area contributed by atoms with Gasteiger partial charge in [-0.3, -0.25) is 14.5 Å². The maximum absolute atomic E-state index is 13.1. The van der Waals surface area contributed by atoms with Crippen LogP contribution in [-0.2, 0) is 19.6 Å². The van der Waals surface area contributed by atoms with Gasteiger partial charge >= 0.3 is 0 Å². The molecule has 2 amide bonds. The smallest absolute Gasteiger partial charge is 0.265 e. The summed E-state index contributed by atoms with van der Waals surface area (Å²) in [4.78, 5) is 26.8. The first kappa shape index (κ1) is 22.1. The Balaban J connectivity index is 1.54. The second-order valence-electron chi connectivity index (χ2n) is 8.80. The zero-order chi connectivity index (χ0) is 22.0. The van der Waals surface area contributed by atoms with Crippen LogP contribution in [0.3, 0.4) is 0 Å². The Morgan fingerprint density at radius 1 is 1.13 bits per heavy atom. The zero-order valence-corrected chi connectivity index (χ0v) is 18.8. The Kier molecular flexibility index (Phi) is 6.52.